The number of anilines is 1. The molecule has 2 rings (SSSR count). The van der Waals surface area contributed by atoms with Gasteiger partial charge in [0.2, 0.25) is 0 Å². The van der Waals surface area contributed by atoms with Crippen molar-refractivity contribution in [2.45, 2.75) is 25.4 Å². The number of aromatic nitrogens is 1. The number of nitrogens with zero attached hydrogens (tertiary/aromatic N) is 1. The van der Waals surface area contributed by atoms with Crippen molar-refractivity contribution in [1.82, 2.24) is 4.57 Å². The first-order valence-corrected chi connectivity index (χ1v) is 6.33. The predicted octanol–water partition coefficient (Wildman–Crippen LogP) is 1.09. The lowest BCUT2D eigenvalue weighted by atomic mass is 10.1. The predicted molar refractivity (Wildman–Crippen MR) is 70.0 cm³/mol. The quantitative estimate of drug-likeness (QED) is 0.852. The van der Waals surface area contributed by atoms with Crippen LogP contribution in [0.2, 0.25) is 0 Å². The summed E-state index contributed by atoms with van der Waals surface area (Å²) in [5.74, 6) is 0. The van der Waals surface area contributed by atoms with Crippen LogP contribution in [0.15, 0.2) is 23.1 Å². The summed E-state index contributed by atoms with van der Waals surface area (Å²) in [6.07, 6.45) is 3.88. The van der Waals surface area contributed by atoms with E-state index in [1.807, 2.05) is 12.3 Å². The summed E-state index contributed by atoms with van der Waals surface area (Å²) in [7, 11) is 1.63. The summed E-state index contributed by atoms with van der Waals surface area (Å²) in [6, 6.07) is 3.87. The zero-order chi connectivity index (χ0) is 12.8. The third-order valence-corrected chi connectivity index (χ3v) is 3.11. The molecule has 0 aliphatic carbocycles. The zero-order valence-corrected chi connectivity index (χ0v) is 10.7. The summed E-state index contributed by atoms with van der Waals surface area (Å²) in [5, 5.41) is 3.44. The number of rotatable bonds is 5. The molecule has 0 unspecified atom stereocenters. The van der Waals surface area contributed by atoms with Crippen LogP contribution in [0.3, 0.4) is 0 Å². The molecule has 1 fully saturated rings. The van der Waals surface area contributed by atoms with Gasteiger partial charge in [-0.25, -0.2) is 0 Å². The van der Waals surface area contributed by atoms with E-state index in [4.69, 9.17) is 9.47 Å². The van der Waals surface area contributed by atoms with Crippen LogP contribution in [0, 0.1) is 0 Å². The summed E-state index contributed by atoms with van der Waals surface area (Å²) >= 11 is 0. The molecular weight excluding hydrogens is 232 g/mol. The maximum absolute atomic E-state index is 11.6. The molecule has 0 atom stereocenters. The number of hydrogen-bond donors (Lipinski definition) is 1. The smallest absolute Gasteiger partial charge is 0.250 e. The molecule has 1 N–H and O–H groups in total. The topological polar surface area (TPSA) is 52.5 Å². The first-order chi connectivity index (χ1) is 8.79. The monoisotopic (exact) mass is 252 g/mol. The Hall–Kier alpha value is -1.33. The minimum atomic E-state index is 0.00424. The maximum atomic E-state index is 11.6. The van der Waals surface area contributed by atoms with E-state index in [0.717, 1.165) is 31.7 Å². The highest BCUT2D eigenvalue weighted by Gasteiger charge is 2.13. The van der Waals surface area contributed by atoms with Crippen molar-refractivity contribution < 1.29 is 9.47 Å². The van der Waals surface area contributed by atoms with Crippen molar-refractivity contribution in [3.8, 4) is 0 Å². The van der Waals surface area contributed by atoms with Crippen LogP contribution in [0.1, 0.15) is 12.8 Å². The molecule has 0 saturated carbocycles. The van der Waals surface area contributed by atoms with E-state index in [2.05, 4.69) is 5.32 Å². The van der Waals surface area contributed by atoms with E-state index in [-0.39, 0.29) is 5.56 Å². The fraction of sp³-hybridized carbons (Fsp3) is 0.615. The first-order valence-electron chi connectivity index (χ1n) is 6.33. The molecule has 1 aromatic heterocycles. The van der Waals surface area contributed by atoms with Gasteiger partial charge in [0.25, 0.3) is 5.56 Å². The minimum absolute atomic E-state index is 0.00424. The van der Waals surface area contributed by atoms with Crippen LogP contribution >= 0.6 is 0 Å². The largest absolute Gasteiger partial charge is 0.383 e. The van der Waals surface area contributed by atoms with Gasteiger partial charge in [0, 0.05) is 45.2 Å². The van der Waals surface area contributed by atoms with Gasteiger partial charge in [-0.05, 0) is 18.9 Å². The van der Waals surface area contributed by atoms with Crippen molar-refractivity contribution in [1.29, 1.82) is 0 Å². The van der Waals surface area contributed by atoms with Crippen molar-refractivity contribution in [2.75, 3.05) is 32.2 Å². The lowest BCUT2D eigenvalue weighted by Crippen LogP contribution is -2.29. The van der Waals surface area contributed by atoms with Crippen molar-refractivity contribution in [3.63, 3.8) is 0 Å². The van der Waals surface area contributed by atoms with E-state index >= 15 is 0 Å². The molecule has 0 spiro atoms. The fourth-order valence-corrected chi connectivity index (χ4v) is 2.06. The third kappa shape index (κ3) is 3.58. The summed E-state index contributed by atoms with van der Waals surface area (Å²) < 4.78 is 12.0. The average molecular weight is 252 g/mol. The Morgan fingerprint density at radius 3 is 2.94 bits per heavy atom. The summed E-state index contributed by atoms with van der Waals surface area (Å²) in [6.45, 7) is 2.74. The molecule has 2 heterocycles. The Morgan fingerprint density at radius 1 is 1.44 bits per heavy atom. The molecular formula is C13H20N2O3. The van der Waals surface area contributed by atoms with Gasteiger partial charge in [-0.1, -0.05) is 0 Å². The molecule has 0 aromatic carbocycles. The number of methoxy groups -OCH3 is 1. The highest BCUT2D eigenvalue weighted by molar-refractivity contribution is 5.41. The van der Waals surface area contributed by atoms with E-state index in [0.29, 0.717) is 19.2 Å². The van der Waals surface area contributed by atoms with Crippen molar-refractivity contribution >= 4 is 5.69 Å². The van der Waals surface area contributed by atoms with E-state index in [1.165, 1.54) is 0 Å². The van der Waals surface area contributed by atoms with Gasteiger partial charge >= 0.3 is 0 Å². The Morgan fingerprint density at radius 2 is 2.22 bits per heavy atom. The van der Waals surface area contributed by atoms with E-state index < -0.39 is 0 Å². The standard InChI is InChI=1S/C13H20N2O3/c1-17-9-6-15-10-12(2-3-13(15)16)14-11-4-7-18-8-5-11/h2-3,10-11,14H,4-9H2,1H3. The van der Waals surface area contributed by atoms with Gasteiger partial charge in [-0.15, -0.1) is 0 Å². The van der Waals surface area contributed by atoms with Gasteiger partial charge in [0.05, 0.1) is 12.3 Å². The van der Waals surface area contributed by atoms with Crippen LogP contribution in [0.5, 0.6) is 0 Å². The van der Waals surface area contributed by atoms with Crippen LogP contribution in [0.25, 0.3) is 0 Å². The van der Waals surface area contributed by atoms with Crippen LogP contribution in [0.4, 0.5) is 5.69 Å². The molecule has 100 valence electrons. The Balaban J connectivity index is 2.01. The van der Waals surface area contributed by atoms with Gasteiger partial charge < -0.3 is 19.4 Å². The Bertz CT molecular complexity index is 424. The second kappa shape index (κ2) is 6.56. The lowest BCUT2D eigenvalue weighted by molar-refractivity contribution is 0.0904. The average Bonchev–Trinajstić information content (AvgIpc) is 2.40. The fourth-order valence-electron chi connectivity index (χ4n) is 2.06. The van der Waals surface area contributed by atoms with Gasteiger partial charge in [0.15, 0.2) is 0 Å². The van der Waals surface area contributed by atoms with Crippen molar-refractivity contribution in [2.24, 2.45) is 0 Å². The number of nitrogens with one attached hydrogen (secondary N) is 1. The second-order valence-electron chi connectivity index (χ2n) is 4.47. The summed E-state index contributed by atoms with van der Waals surface area (Å²) in [5.41, 5.74) is 0.988. The number of pyridine rings is 1. The molecule has 5 nitrogen and oxygen atoms in total. The van der Waals surface area contributed by atoms with Crippen LogP contribution in [-0.4, -0.2) is 37.5 Å². The highest BCUT2D eigenvalue weighted by atomic mass is 16.5. The maximum Gasteiger partial charge on any atom is 0.250 e. The normalized spacial score (nSPS) is 16.7. The molecule has 0 radical (unpaired) electrons. The molecule has 18 heavy (non-hydrogen) atoms. The number of ether oxygens (including phenoxy) is 2. The van der Waals surface area contributed by atoms with Crippen molar-refractivity contribution in [3.05, 3.63) is 28.7 Å². The SMILES string of the molecule is COCCn1cc(NC2CCOCC2)ccc1=O. The third-order valence-electron chi connectivity index (χ3n) is 3.11. The Labute approximate surface area is 107 Å². The molecule has 5 heteroatoms. The Kier molecular flexibility index (Phi) is 4.78. The molecule has 1 saturated heterocycles. The van der Waals surface area contributed by atoms with E-state index in [9.17, 15) is 4.79 Å². The number of hydrogen-bond acceptors (Lipinski definition) is 4. The second-order valence-corrected chi connectivity index (χ2v) is 4.47. The zero-order valence-electron chi connectivity index (χ0n) is 10.7. The molecule has 1 aliphatic rings. The summed E-state index contributed by atoms with van der Waals surface area (Å²) in [4.78, 5) is 11.6. The van der Waals surface area contributed by atoms with Gasteiger partial charge in [-0.2, -0.15) is 0 Å². The van der Waals surface area contributed by atoms with Gasteiger partial charge in [-0.3, -0.25) is 4.79 Å². The van der Waals surface area contributed by atoms with Crippen LogP contribution < -0.4 is 10.9 Å². The highest BCUT2D eigenvalue weighted by Crippen LogP contribution is 2.13. The first kappa shape index (κ1) is 13.1. The molecule has 0 amide bonds. The minimum Gasteiger partial charge on any atom is -0.383 e. The van der Waals surface area contributed by atoms with Gasteiger partial charge in [0.1, 0.15) is 0 Å². The van der Waals surface area contributed by atoms with E-state index in [1.54, 1.807) is 17.7 Å². The van der Waals surface area contributed by atoms with Crippen LogP contribution in [-0.2, 0) is 16.0 Å². The lowest BCUT2D eigenvalue weighted by Gasteiger charge is -2.24. The molecule has 1 aliphatic heterocycles. The molecule has 0 bridgehead atoms. The molecule has 1 aromatic rings.